The molecule has 0 unspecified atom stereocenters. The van der Waals surface area contributed by atoms with Crippen LogP contribution in [0.15, 0.2) is 78.5 Å². The molecule has 0 aliphatic rings. The Morgan fingerprint density at radius 1 is 1.06 bits per heavy atom. The van der Waals surface area contributed by atoms with E-state index in [4.69, 9.17) is 0 Å². The fraction of sp³-hybridized carbons (Fsp3) is 0.200. The zero-order valence-corrected chi connectivity index (χ0v) is 19.1. The number of nitrogens with zero attached hydrogens (tertiary/aromatic N) is 4. The van der Waals surface area contributed by atoms with Gasteiger partial charge < -0.3 is 9.88 Å². The van der Waals surface area contributed by atoms with Gasteiger partial charge in [0.1, 0.15) is 0 Å². The molecule has 1 N–H and O–H groups in total. The van der Waals surface area contributed by atoms with Crippen LogP contribution in [0.4, 0.5) is 0 Å². The van der Waals surface area contributed by atoms with Crippen LogP contribution in [0.2, 0.25) is 0 Å². The summed E-state index contributed by atoms with van der Waals surface area (Å²) in [6.07, 6.45) is 5.41. The minimum atomic E-state index is -0.122. The minimum absolute atomic E-state index is 0.0891. The number of nitrogens with one attached hydrogen (secondary N) is 1. The molecule has 1 amide bonds. The zero-order valence-electron chi connectivity index (χ0n) is 18.3. The number of carbonyl (C=O) groups excluding carboxylic acids is 1. The van der Waals surface area contributed by atoms with Crippen molar-refractivity contribution in [3.8, 4) is 5.69 Å². The number of hydrogen-bond acceptors (Lipinski definition) is 5. The van der Waals surface area contributed by atoms with Crippen LogP contribution in [0.3, 0.4) is 0 Å². The average molecular weight is 444 g/mol. The standard InChI is InChI=1S/C25H25N5OS/c1-17-14-18(2)28-25(27-17)32-15-21-6-4-5-7-23(21)24(31)29-19(3)20-8-10-22(11-9-20)30-13-12-26-16-30/h4-14,16,19H,15H2,1-3H3,(H,29,31)/t19-/m0/s1. The molecule has 0 radical (unpaired) electrons. The number of carbonyl (C=O) groups is 1. The average Bonchev–Trinajstić information content (AvgIpc) is 3.32. The Kier molecular flexibility index (Phi) is 6.66. The molecule has 32 heavy (non-hydrogen) atoms. The van der Waals surface area contributed by atoms with Gasteiger partial charge >= 0.3 is 0 Å². The van der Waals surface area contributed by atoms with E-state index in [1.54, 1.807) is 12.5 Å². The Bertz CT molecular complexity index is 1190. The Morgan fingerprint density at radius 2 is 1.78 bits per heavy atom. The van der Waals surface area contributed by atoms with Crippen molar-refractivity contribution in [2.24, 2.45) is 0 Å². The van der Waals surface area contributed by atoms with Crippen molar-refractivity contribution < 1.29 is 4.79 Å². The van der Waals surface area contributed by atoms with Gasteiger partial charge in [0.05, 0.1) is 12.4 Å². The van der Waals surface area contributed by atoms with Crippen molar-refractivity contribution in [2.45, 2.75) is 37.7 Å². The first kappa shape index (κ1) is 21.8. The first-order valence-electron chi connectivity index (χ1n) is 10.4. The minimum Gasteiger partial charge on any atom is -0.346 e. The van der Waals surface area contributed by atoms with Crippen molar-refractivity contribution in [3.05, 3.63) is 101 Å². The predicted octanol–water partition coefficient (Wildman–Crippen LogP) is 5.06. The summed E-state index contributed by atoms with van der Waals surface area (Å²) in [6.45, 7) is 5.91. The molecule has 0 aliphatic carbocycles. The SMILES string of the molecule is Cc1cc(C)nc(SCc2ccccc2C(=O)N[C@@H](C)c2ccc(-n3ccnc3)cc2)n1. The van der Waals surface area contributed by atoms with Crippen LogP contribution in [-0.4, -0.2) is 25.4 Å². The van der Waals surface area contributed by atoms with Gasteiger partial charge in [-0.05, 0) is 56.2 Å². The summed E-state index contributed by atoms with van der Waals surface area (Å²) < 4.78 is 1.94. The quantitative estimate of drug-likeness (QED) is 0.319. The van der Waals surface area contributed by atoms with E-state index < -0.39 is 0 Å². The number of imidazole rings is 1. The molecule has 0 aliphatic heterocycles. The second-order valence-electron chi connectivity index (χ2n) is 7.64. The molecule has 0 saturated heterocycles. The lowest BCUT2D eigenvalue weighted by Crippen LogP contribution is -2.27. The van der Waals surface area contributed by atoms with E-state index in [9.17, 15) is 4.79 Å². The smallest absolute Gasteiger partial charge is 0.252 e. The molecule has 2 aromatic heterocycles. The van der Waals surface area contributed by atoms with Gasteiger partial charge in [-0.15, -0.1) is 0 Å². The largest absolute Gasteiger partial charge is 0.346 e. The molecule has 162 valence electrons. The van der Waals surface area contributed by atoms with Crippen LogP contribution < -0.4 is 5.32 Å². The molecule has 1 atom stereocenters. The Labute approximate surface area is 192 Å². The van der Waals surface area contributed by atoms with Crippen molar-refractivity contribution in [2.75, 3.05) is 0 Å². The third kappa shape index (κ3) is 5.23. The number of aromatic nitrogens is 4. The number of hydrogen-bond donors (Lipinski definition) is 1. The van der Waals surface area contributed by atoms with Crippen molar-refractivity contribution >= 4 is 17.7 Å². The molecule has 0 fully saturated rings. The lowest BCUT2D eigenvalue weighted by atomic mass is 10.1. The highest BCUT2D eigenvalue weighted by Crippen LogP contribution is 2.23. The Hall–Kier alpha value is -3.45. The maximum Gasteiger partial charge on any atom is 0.252 e. The summed E-state index contributed by atoms with van der Waals surface area (Å²) in [7, 11) is 0. The van der Waals surface area contributed by atoms with E-state index in [0.29, 0.717) is 11.3 Å². The molecule has 0 bridgehead atoms. The van der Waals surface area contributed by atoms with Gasteiger partial charge in [0.25, 0.3) is 5.91 Å². The summed E-state index contributed by atoms with van der Waals surface area (Å²) in [5, 5.41) is 3.85. The van der Waals surface area contributed by atoms with Crippen LogP contribution in [0.1, 0.15) is 45.8 Å². The van der Waals surface area contributed by atoms with E-state index in [0.717, 1.165) is 33.4 Å². The van der Waals surface area contributed by atoms with Crippen LogP contribution in [0, 0.1) is 13.8 Å². The summed E-state index contributed by atoms with van der Waals surface area (Å²) >= 11 is 1.54. The maximum absolute atomic E-state index is 13.1. The number of aryl methyl sites for hydroxylation is 2. The number of amides is 1. The number of rotatable bonds is 7. The fourth-order valence-corrected chi connectivity index (χ4v) is 4.43. The molecule has 4 rings (SSSR count). The van der Waals surface area contributed by atoms with E-state index >= 15 is 0 Å². The molecule has 0 saturated carbocycles. The molecular formula is C25H25N5OS. The number of benzene rings is 2. The predicted molar refractivity (Wildman–Crippen MR) is 127 cm³/mol. The van der Waals surface area contributed by atoms with E-state index in [2.05, 4.69) is 20.3 Å². The normalized spacial score (nSPS) is 11.8. The second-order valence-corrected chi connectivity index (χ2v) is 8.58. The monoisotopic (exact) mass is 443 g/mol. The van der Waals surface area contributed by atoms with Crippen molar-refractivity contribution in [1.82, 2.24) is 24.8 Å². The van der Waals surface area contributed by atoms with Gasteiger partial charge in [-0.1, -0.05) is 42.1 Å². The van der Waals surface area contributed by atoms with Gasteiger partial charge in [0.2, 0.25) is 0 Å². The lowest BCUT2D eigenvalue weighted by molar-refractivity contribution is 0.0939. The van der Waals surface area contributed by atoms with Gasteiger partial charge in [-0.3, -0.25) is 4.79 Å². The summed E-state index contributed by atoms with van der Waals surface area (Å²) in [6, 6.07) is 17.6. The highest BCUT2D eigenvalue weighted by molar-refractivity contribution is 7.98. The molecule has 7 heteroatoms. The molecular weight excluding hydrogens is 418 g/mol. The summed E-state index contributed by atoms with van der Waals surface area (Å²) in [5.41, 5.74) is 5.59. The summed E-state index contributed by atoms with van der Waals surface area (Å²) in [4.78, 5) is 26.1. The molecule has 4 aromatic rings. The molecule has 6 nitrogen and oxygen atoms in total. The highest BCUT2D eigenvalue weighted by Gasteiger charge is 2.15. The first-order valence-corrected chi connectivity index (χ1v) is 11.4. The Balaban J connectivity index is 1.44. The van der Waals surface area contributed by atoms with Gasteiger partial charge in [0, 0.05) is 40.8 Å². The number of thioether (sulfide) groups is 1. The van der Waals surface area contributed by atoms with Crippen LogP contribution in [-0.2, 0) is 5.75 Å². The molecule has 0 spiro atoms. The maximum atomic E-state index is 13.1. The highest BCUT2D eigenvalue weighted by atomic mass is 32.2. The van der Waals surface area contributed by atoms with E-state index in [-0.39, 0.29) is 11.9 Å². The van der Waals surface area contributed by atoms with Crippen molar-refractivity contribution in [3.63, 3.8) is 0 Å². The van der Waals surface area contributed by atoms with Gasteiger partial charge in [-0.25, -0.2) is 15.0 Å². The lowest BCUT2D eigenvalue weighted by Gasteiger charge is -2.16. The van der Waals surface area contributed by atoms with Crippen LogP contribution in [0.25, 0.3) is 5.69 Å². The third-order valence-electron chi connectivity index (χ3n) is 5.12. The Morgan fingerprint density at radius 3 is 2.47 bits per heavy atom. The third-order valence-corrected chi connectivity index (χ3v) is 6.02. The van der Waals surface area contributed by atoms with Crippen LogP contribution in [0.5, 0.6) is 0 Å². The van der Waals surface area contributed by atoms with Gasteiger partial charge in [0.15, 0.2) is 5.16 Å². The van der Waals surface area contributed by atoms with Crippen molar-refractivity contribution in [1.29, 1.82) is 0 Å². The van der Waals surface area contributed by atoms with E-state index in [1.807, 2.05) is 86.1 Å². The first-order chi connectivity index (χ1) is 15.5. The molecule has 2 heterocycles. The zero-order chi connectivity index (χ0) is 22.5. The second kappa shape index (κ2) is 9.78. The summed E-state index contributed by atoms with van der Waals surface area (Å²) in [5.74, 6) is 0.536. The van der Waals surface area contributed by atoms with E-state index in [1.165, 1.54) is 11.8 Å². The van der Waals surface area contributed by atoms with Gasteiger partial charge in [-0.2, -0.15) is 0 Å². The topological polar surface area (TPSA) is 72.7 Å². The van der Waals surface area contributed by atoms with Crippen LogP contribution >= 0.6 is 11.8 Å². The fourth-order valence-electron chi connectivity index (χ4n) is 3.47. The molecule has 2 aromatic carbocycles.